The summed E-state index contributed by atoms with van der Waals surface area (Å²) in [5.41, 5.74) is 4.36. The Bertz CT molecular complexity index is 742. The number of carbonyl (C=O) groups is 1. The number of aldehydes is 1. The van der Waals surface area contributed by atoms with E-state index in [-0.39, 0.29) is 0 Å². The summed E-state index contributed by atoms with van der Waals surface area (Å²) in [4.78, 5) is 11.7. The lowest BCUT2D eigenvalue weighted by Gasteiger charge is -2.11. The maximum absolute atomic E-state index is 11.7. The molecule has 0 aliphatic heterocycles. The van der Waals surface area contributed by atoms with Gasteiger partial charge >= 0.3 is 0 Å². The van der Waals surface area contributed by atoms with Crippen molar-refractivity contribution in [2.24, 2.45) is 0 Å². The Labute approximate surface area is 139 Å². The van der Waals surface area contributed by atoms with Crippen LogP contribution >= 0.6 is 23.2 Å². The zero-order valence-electron chi connectivity index (χ0n) is 11.6. The van der Waals surface area contributed by atoms with Crippen molar-refractivity contribution in [1.29, 1.82) is 0 Å². The van der Waals surface area contributed by atoms with Gasteiger partial charge in [-0.15, -0.1) is 0 Å². The predicted octanol–water partition coefficient (Wildman–Crippen LogP) is 6.14. The molecule has 3 aromatic rings. The zero-order valence-corrected chi connectivity index (χ0v) is 13.1. The highest BCUT2D eigenvalue weighted by molar-refractivity contribution is 6.31. The smallest absolute Gasteiger partial charge is 0.151 e. The van der Waals surface area contributed by atoms with Crippen molar-refractivity contribution in [2.45, 2.75) is 0 Å². The van der Waals surface area contributed by atoms with E-state index >= 15 is 0 Å². The first-order chi connectivity index (χ1) is 10.7. The Balaban J connectivity index is 2.17. The second-order valence-corrected chi connectivity index (χ2v) is 5.77. The van der Waals surface area contributed by atoms with Gasteiger partial charge in [0.15, 0.2) is 6.29 Å². The van der Waals surface area contributed by atoms with Crippen LogP contribution in [0, 0.1) is 0 Å². The highest BCUT2D eigenvalue weighted by Gasteiger charge is 2.11. The summed E-state index contributed by atoms with van der Waals surface area (Å²) in [6.07, 6.45) is 0.897. The highest BCUT2D eigenvalue weighted by Crippen LogP contribution is 2.32. The van der Waals surface area contributed by atoms with Gasteiger partial charge in [-0.3, -0.25) is 4.79 Å². The molecule has 0 heterocycles. The average Bonchev–Trinajstić information content (AvgIpc) is 2.55. The van der Waals surface area contributed by atoms with E-state index in [1.807, 2.05) is 66.7 Å². The lowest BCUT2D eigenvalue weighted by atomic mass is 9.92. The third kappa shape index (κ3) is 2.92. The van der Waals surface area contributed by atoms with Gasteiger partial charge in [-0.05, 0) is 46.5 Å². The third-order valence-corrected chi connectivity index (χ3v) is 4.04. The number of carbonyl (C=O) groups excluding carboxylic acids is 1. The standard InChI is InChI=1S/C19H12Cl2O/c20-15-8-4-13(5-9-15)17-2-1-3-18(19(17)12-22)14-6-10-16(21)11-7-14/h1-12H. The second kappa shape index (κ2) is 6.35. The normalized spacial score (nSPS) is 10.5. The maximum Gasteiger partial charge on any atom is 0.151 e. The Kier molecular flexibility index (Phi) is 4.28. The molecule has 22 heavy (non-hydrogen) atoms. The van der Waals surface area contributed by atoms with Gasteiger partial charge in [-0.25, -0.2) is 0 Å². The molecule has 0 unspecified atom stereocenters. The minimum Gasteiger partial charge on any atom is -0.298 e. The van der Waals surface area contributed by atoms with Crippen LogP contribution < -0.4 is 0 Å². The van der Waals surface area contributed by atoms with Crippen LogP contribution in [0.1, 0.15) is 10.4 Å². The SMILES string of the molecule is O=Cc1c(-c2ccc(Cl)cc2)cccc1-c1ccc(Cl)cc1. The fourth-order valence-electron chi connectivity index (χ4n) is 2.45. The lowest BCUT2D eigenvalue weighted by Crippen LogP contribution is -1.92. The molecule has 3 aromatic carbocycles. The molecule has 0 fully saturated rings. The first-order valence-corrected chi connectivity index (χ1v) is 7.55. The van der Waals surface area contributed by atoms with Crippen LogP contribution in [0.25, 0.3) is 22.3 Å². The number of halogens is 2. The fourth-order valence-corrected chi connectivity index (χ4v) is 2.71. The topological polar surface area (TPSA) is 17.1 Å². The summed E-state index contributed by atoms with van der Waals surface area (Å²) >= 11 is 11.9. The minimum absolute atomic E-state index is 0.659. The molecular weight excluding hydrogens is 315 g/mol. The first kappa shape index (κ1) is 14.8. The van der Waals surface area contributed by atoms with E-state index in [1.54, 1.807) is 0 Å². The van der Waals surface area contributed by atoms with E-state index < -0.39 is 0 Å². The quantitative estimate of drug-likeness (QED) is 0.528. The minimum atomic E-state index is 0.659. The predicted molar refractivity (Wildman–Crippen MR) is 92.7 cm³/mol. The molecule has 0 saturated heterocycles. The molecular formula is C19H12Cl2O. The summed E-state index contributed by atoms with van der Waals surface area (Å²) in [6.45, 7) is 0. The van der Waals surface area contributed by atoms with Crippen LogP contribution in [-0.4, -0.2) is 6.29 Å². The fraction of sp³-hybridized carbons (Fsp3) is 0. The monoisotopic (exact) mass is 326 g/mol. The molecule has 0 aromatic heterocycles. The van der Waals surface area contributed by atoms with Gasteiger partial charge in [0.25, 0.3) is 0 Å². The summed E-state index contributed by atoms with van der Waals surface area (Å²) in [6, 6.07) is 20.8. The van der Waals surface area contributed by atoms with Gasteiger partial charge in [0, 0.05) is 15.6 Å². The molecule has 0 bridgehead atoms. The van der Waals surface area contributed by atoms with Gasteiger partial charge in [0.2, 0.25) is 0 Å². The summed E-state index contributed by atoms with van der Waals surface area (Å²) in [5, 5.41) is 1.34. The van der Waals surface area contributed by atoms with E-state index in [4.69, 9.17) is 23.2 Å². The Morgan fingerprint density at radius 2 is 1.05 bits per heavy atom. The molecule has 1 nitrogen and oxygen atoms in total. The van der Waals surface area contributed by atoms with E-state index in [2.05, 4.69) is 0 Å². The first-order valence-electron chi connectivity index (χ1n) is 6.79. The Morgan fingerprint density at radius 1 is 0.636 bits per heavy atom. The molecule has 0 aliphatic carbocycles. The largest absolute Gasteiger partial charge is 0.298 e. The van der Waals surface area contributed by atoms with Crippen molar-refractivity contribution < 1.29 is 4.79 Å². The number of rotatable bonds is 3. The lowest BCUT2D eigenvalue weighted by molar-refractivity contribution is 0.112. The average molecular weight is 327 g/mol. The molecule has 3 heteroatoms. The number of benzene rings is 3. The molecule has 0 amide bonds. The van der Waals surface area contributed by atoms with Crippen LogP contribution in [0.4, 0.5) is 0 Å². The van der Waals surface area contributed by atoms with Gasteiger partial charge in [-0.2, -0.15) is 0 Å². The third-order valence-electron chi connectivity index (χ3n) is 3.53. The number of hydrogen-bond acceptors (Lipinski definition) is 1. The molecule has 3 rings (SSSR count). The maximum atomic E-state index is 11.7. The zero-order chi connectivity index (χ0) is 15.5. The second-order valence-electron chi connectivity index (χ2n) is 4.90. The van der Waals surface area contributed by atoms with Crippen LogP contribution in [-0.2, 0) is 0 Å². The molecule has 0 saturated carbocycles. The van der Waals surface area contributed by atoms with Crippen molar-refractivity contribution in [3.63, 3.8) is 0 Å². The Hall–Kier alpha value is -2.09. The Morgan fingerprint density at radius 3 is 1.41 bits per heavy atom. The van der Waals surface area contributed by atoms with E-state index in [9.17, 15) is 4.79 Å². The van der Waals surface area contributed by atoms with Crippen LogP contribution in [0.3, 0.4) is 0 Å². The molecule has 108 valence electrons. The van der Waals surface area contributed by atoms with Crippen LogP contribution in [0.15, 0.2) is 66.7 Å². The van der Waals surface area contributed by atoms with Crippen LogP contribution in [0.2, 0.25) is 10.0 Å². The van der Waals surface area contributed by atoms with E-state index in [0.29, 0.717) is 15.6 Å². The summed E-state index contributed by atoms with van der Waals surface area (Å²) in [7, 11) is 0. The van der Waals surface area contributed by atoms with Gasteiger partial charge in [0.05, 0.1) is 0 Å². The molecule has 0 radical (unpaired) electrons. The number of hydrogen-bond donors (Lipinski definition) is 0. The van der Waals surface area contributed by atoms with E-state index in [0.717, 1.165) is 28.5 Å². The highest BCUT2D eigenvalue weighted by atomic mass is 35.5. The van der Waals surface area contributed by atoms with Crippen molar-refractivity contribution in [3.8, 4) is 22.3 Å². The van der Waals surface area contributed by atoms with Gasteiger partial charge < -0.3 is 0 Å². The van der Waals surface area contributed by atoms with E-state index in [1.165, 1.54) is 0 Å². The molecule has 0 atom stereocenters. The van der Waals surface area contributed by atoms with Crippen molar-refractivity contribution in [1.82, 2.24) is 0 Å². The van der Waals surface area contributed by atoms with Crippen molar-refractivity contribution >= 4 is 29.5 Å². The van der Waals surface area contributed by atoms with Crippen molar-refractivity contribution in [2.75, 3.05) is 0 Å². The van der Waals surface area contributed by atoms with Gasteiger partial charge in [0.1, 0.15) is 0 Å². The molecule has 0 spiro atoms. The van der Waals surface area contributed by atoms with Crippen LogP contribution in [0.5, 0.6) is 0 Å². The summed E-state index contributed by atoms with van der Waals surface area (Å²) in [5.74, 6) is 0. The summed E-state index contributed by atoms with van der Waals surface area (Å²) < 4.78 is 0. The van der Waals surface area contributed by atoms with Crippen molar-refractivity contribution in [3.05, 3.63) is 82.3 Å². The van der Waals surface area contributed by atoms with Gasteiger partial charge in [-0.1, -0.05) is 65.7 Å². The molecule has 0 aliphatic rings. The molecule has 0 N–H and O–H groups in total.